The SMILES string of the molecule is OCCCCCCSC(CCCCCO)CCCCCS. The minimum absolute atomic E-state index is 0.338. The molecule has 0 aliphatic carbocycles. The summed E-state index contributed by atoms with van der Waals surface area (Å²) in [5, 5.41) is 18.4. The topological polar surface area (TPSA) is 40.5 Å². The van der Waals surface area contributed by atoms with Crippen molar-refractivity contribution in [2.24, 2.45) is 0 Å². The third-order valence-corrected chi connectivity index (χ3v) is 5.56. The molecule has 1 unspecified atom stereocenters. The number of rotatable bonds is 17. The van der Waals surface area contributed by atoms with Crippen LogP contribution in [0.15, 0.2) is 0 Å². The Balaban J connectivity index is 3.67. The summed E-state index contributed by atoms with van der Waals surface area (Å²) in [5.74, 6) is 2.28. The second-order valence-electron chi connectivity index (χ2n) is 5.78. The van der Waals surface area contributed by atoms with Crippen LogP contribution in [0.25, 0.3) is 0 Å². The van der Waals surface area contributed by atoms with Crippen molar-refractivity contribution in [2.75, 3.05) is 24.7 Å². The van der Waals surface area contributed by atoms with Gasteiger partial charge in [-0.05, 0) is 50.0 Å². The molecule has 0 fully saturated rings. The van der Waals surface area contributed by atoms with Crippen LogP contribution in [0, 0.1) is 0 Å². The van der Waals surface area contributed by atoms with Gasteiger partial charge in [-0.3, -0.25) is 0 Å². The van der Waals surface area contributed by atoms with E-state index in [9.17, 15) is 0 Å². The molecule has 21 heavy (non-hydrogen) atoms. The van der Waals surface area contributed by atoms with Crippen LogP contribution in [0.1, 0.15) is 77.0 Å². The summed E-state index contributed by atoms with van der Waals surface area (Å²) in [7, 11) is 0. The van der Waals surface area contributed by atoms with Crippen molar-refractivity contribution in [1.29, 1.82) is 0 Å². The Kier molecular flexibility index (Phi) is 19.2. The third kappa shape index (κ3) is 16.8. The molecule has 0 saturated heterocycles. The summed E-state index contributed by atoms with van der Waals surface area (Å²) in [6, 6.07) is 0. The van der Waals surface area contributed by atoms with Crippen molar-refractivity contribution >= 4 is 24.4 Å². The smallest absolute Gasteiger partial charge is 0.0431 e. The number of aliphatic hydroxyl groups excluding tert-OH is 2. The lowest BCUT2D eigenvalue weighted by atomic mass is 10.1. The van der Waals surface area contributed by atoms with Gasteiger partial charge in [-0.25, -0.2) is 0 Å². The van der Waals surface area contributed by atoms with Crippen molar-refractivity contribution in [1.82, 2.24) is 0 Å². The Bertz CT molecular complexity index is 180. The lowest BCUT2D eigenvalue weighted by Crippen LogP contribution is -2.05. The quantitative estimate of drug-likeness (QED) is 0.267. The van der Waals surface area contributed by atoms with Crippen LogP contribution >= 0.6 is 24.4 Å². The van der Waals surface area contributed by atoms with E-state index in [1.807, 2.05) is 0 Å². The highest BCUT2D eigenvalue weighted by atomic mass is 32.2. The van der Waals surface area contributed by atoms with Crippen molar-refractivity contribution in [3.05, 3.63) is 0 Å². The predicted molar refractivity (Wildman–Crippen MR) is 99.7 cm³/mol. The lowest BCUT2D eigenvalue weighted by molar-refractivity contribution is 0.282. The monoisotopic (exact) mass is 336 g/mol. The Morgan fingerprint density at radius 1 is 0.667 bits per heavy atom. The van der Waals surface area contributed by atoms with E-state index in [1.54, 1.807) is 0 Å². The first kappa shape index (κ1) is 21.6. The van der Waals surface area contributed by atoms with Crippen LogP contribution in [-0.2, 0) is 0 Å². The largest absolute Gasteiger partial charge is 0.396 e. The average molecular weight is 337 g/mol. The molecule has 0 aromatic rings. The predicted octanol–water partition coefficient (Wildman–Crippen LogP) is 4.68. The van der Waals surface area contributed by atoms with E-state index in [0.29, 0.717) is 13.2 Å². The number of thioether (sulfide) groups is 1. The van der Waals surface area contributed by atoms with E-state index in [-0.39, 0.29) is 0 Å². The number of unbranched alkanes of at least 4 members (excludes halogenated alkanes) is 7. The maximum absolute atomic E-state index is 8.85. The van der Waals surface area contributed by atoms with E-state index < -0.39 is 0 Å². The second-order valence-corrected chi connectivity index (χ2v) is 7.63. The summed E-state index contributed by atoms with van der Waals surface area (Å²) < 4.78 is 0. The molecule has 0 heterocycles. The van der Waals surface area contributed by atoms with Gasteiger partial charge in [0.15, 0.2) is 0 Å². The van der Waals surface area contributed by atoms with E-state index in [1.165, 1.54) is 70.0 Å². The molecule has 0 aromatic carbocycles. The standard InChI is InChI=1S/C17H36O2S2/c18-13-7-1-2-10-16-21-17(11-5-3-8-14-19)12-6-4-9-15-20/h17-20H,1-16H2. The summed E-state index contributed by atoms with van der Waals surface area (Å²) in [6.07, 6.45) is 14.6. The maximum atomic E-state index is 8.85. The Hall–Kier alpha value is 0.620. The second kappa shape index (κ2) is 18.7. The van der Waals surface area contributed by atoms with Gasteiger partial charge in [0.1, 0.15) is 0 Å². The number of aliphatic hydroxyl groups is 2. The molecule has 0 rings (SSSR count). The fraction of sp³-hybridized carbons (Fsp3) is 1.00. The van der Waals surface area contributed by atoms with E-state index in [0.717, 1.165) is 23.8 Å². The van der Waals surface area contributed by atoms with Gasteiger partial charge >= 0.3 is 0 Å². The lowest BCUT2D eigenvalue weighted by Gasteiger charge is -2.16. The summed E-state index contributed by atoms with van der Waals surface area (Å²) >= 11 is 6.43. The average Bonchev–Trinajstić information content (AvgIpc) is 2.50. The first-order valence-electron chi connectivity index (χ1n) is 8.79. The molecular formula is C17H36O2S2. The van der Waals surface area contributed by atoms with Crippen LogP contribution in [0.4, 0.5) is 0 Å². The van der Waals surface area contributed by atoms with Crippen molar-refractivity contribution in [3.8, 4) is 0 Å². The molecule has 128 valence electrons. The van der Waals surface area contributed by atoms with Gasteiger partial charge in [-0.2, -0.15) is 24.4 Å². The molecule has 1 atom stereocenters. The van der Waals surface area contributed by atoms with E-state index in [2.05, 4.69) is 24.4 Å². The van der Waals surface area contributed by atoms with Crippen LogP contribution in [0.2, 0.25) is 0 Å². The Labute approximate surface area is 141 Å². The number of thiol groups is 1. The normalized spacial score (nSPS) is 12.7. The molecule has 2 N–H and O–H groups in total. The van der Waals surface area contributed by atoms with Gasteiger partial charge in [0.25, 0.3) is 0 Å². The zero-order valence-electron chi connectivity index (χ0n) is 13.6. The first-order valence-corrected chi connectivity index (χ1v) is 10.5. The number of hydrogen-bond acceptors (Lipinski definition) is 4. The van der Waals surface area contributed by atoms with Gasteiger partial charge in [0, 0.05) is 18.5 Å². The molecule has 2 nitrogen and oxygen atoms in total. The summed E-state index contributed by atoms with van der Waals surface area (Å²) in [6.45, 7) is 0.677. The molecular weight excluding hydrogens is 300 g/mol. The maximum Gasteiger partial charge on any atom is 0.0431 e. The van der Waals surface area contributed by atoms with Gasteiger partial charge < -0.3 is 10.2 Å². The first-order chi connectivity index (χ1) is 10.3. The highest BCUT2D eigenvalue weighted by molar-refractivity contribution is 7.99. The van der Waals surface area contributed by atoms with Crippen molar-refractivity contribution < 1.29 is 10.2 Å². The number of hydrogen-bond donors (Lipinski definition) is 3. The molecule has 0 aliphatic rings. The van der Waals surface area contributed by atoms with E-state index >= 15 is 0 Å². The molecule has 0 radical (unpaired) electrons. The highest BCUT2D eigenvalue weighted by Gasteiger charge is 2.08. The van der Waals surface area contributed by atoms with Gasteiger partial charge in [0.05, 0.1) is 0 Å². The van der Waals surface area contributed by atoms with Crippen LogP contribution in [0.5, 0.6) is 0 Å². The van der Waals surface area contributed by atoms with Crippen LogP contribution < -0.4 is 0 Å². The third-order valence-electron chi connectivity index (χ3n) is 3.77. The zero-order chi connectivity index (χ0) is 15.6. The van der Waals surface area contributed by atoms with Gasteiger partial charge in [-0.1, -0.05) is 38.5 Å². The Morgan fingerprint density at radius 2 is 1.19 bits per heavy atom. The summed E-state index contributed by atoms with van der Waals surface area (Å²) in [5.41, 5.74) is 0. The van der Waals surface area contributed by atoms with Crippen molar-refractivity contribution in [3.63, 3.8) is 0 Å². The summed E-state index contributed by atoms with van der Waals surface area (Å²) in [4.78, 5) is 0. The fourth-order valence-corrected chi connectivity index (χ4v) is 4.04. The molecule has 4 heteroatoms. The minimum Gasteiger partial charge on any atom is -0.396 e. The minimum atomic E-state index is 0.338. The van der Waals surface area contributed by atoms with Gasteiger partial charge in [-0.15, -0.1) is 0 Å². The van der Waals surface area contributed by atoms with Crippen molar-refractivity contribution in [2.45, 2.75) is 82.3 Å². The highest BCUT2D eigenvalue weighted by Crippen LogP contribution is 2.25. The molecule has 0 aliphatic heterocycles. The molecule has 0 spiro atoms. The Morgan fingerprint density at radius 3 is 1.76 bits per heavy atom. The molecule has 0 bridgehead atoms. The zero-order valence-corrected chi connectivity index (χ0v) is 15.4. The molecule has 0 saturated carbocycles. The molecule has 0 aromatic heterocycles. The fourth-order valence-electron chi connectivity index (χ4n) is 2.45. The van der Waals surface area contributed by atoms with Crippen LogP contribution in [-0.4, -0.2) is 40.2 Å². The van der Waals surface area contributed by atoms with Crippen LogP contribution in [0.3, 0.4) is 0 Å². The van der Waals surface area contributed by atoms with E-state index in [4.69, 9.17) is 10.2 Å². The molecule has 0 amide bonds. The van der Waals surface area contributed by atoms with Gasteiger partial charge in [0.2, 0.25) is 0 Å².